The van der Waals surface area contributed by atoms with E-state index >= 15 is 0 Å². The van der Waals surface area contributed by atoms with Crippen LogP contribution in [0, 0.1) is 28.1 Å². The van der Waals surface area contributed by atoms with E-state index < -0.39 is 11.4 Å². The highest BCUT2D eigenvalue weighted by Crippen LogP contribution is 2.31. The Bertz CT molecular complexity index is 1590. The zero-order valence-electron chi connectivity index (χ0n) is 16.4. The van der Waals surface area contributed by atoms with Crippen LogP contribution >= 0.6 is 15.9 Å². The van der Waals surface area contributed by atoms with Gasteiger partial charge in [-0.2, -0.15) is 15.2 Å². The van der Waals surface area contributed by atoms with Crippen LogP contribution in [0.4, 0.5) is 5.69 Å². The Morgan fingerprint density at radius 3 is 2.56 bits per heavy atom. The van der Waals surface area contributed by atoms with E-state index in [0.29, 0.717) is 34.7 Å². The van der Waals surface area contributed by atoms with Crippen molar-refractivity contribution in [2.45, 2.75) is 12.8 Å². The van der Waals surface area contributed by atoms with Gasteiger partial charge in [-0.05, 0) is 36.6 Å². The molecule has 32 heavy (non-hydrogen) atoms. The summed E-state index contributed by atoms with van der Waals surface area (Å²) in [5.74, 6) is -0.634. The number of hydrogen-bond donors (Lipinski definition) is 4. The summed E-state index contributed by atoms with van der Waals surface area (Å²) in [6.45, 7) is 0. The lowest BCUT2D eigenvalue weighted by Gasteiger charge is -2.19. The second-order valence-corrected chi connectivity index (χ2v) is 7.87. The van der Waals surface area contributed by atoms with Crippen molar-refractivity contribution in [1.29, 1.82) is 15.9 Å². The third kappa shape index (κ3) is 3.43. The predicted octanol–water partition coefficient (Wildman–Crippen LogP) is 1.31. The van der Waals surface area contributed by atoms with Gasteiger partial charge in [0.05, 0.1) is 5.22 Å². The average Bonchev–Trinajstić information content (AvgIpc) is 2.76. The summed E-state index contributed by atoms with van der Waals surface area (Å²) in [5.41, 5.74) is 8.99. The summed E-state index contributed by atoms with van der Waals surface area (Å²) in [5, 5.41) is 38.5. The van der Waals surface area contributed by atoms with E-state index in [1.54, 1.807) is 30.3 Å². The van der Waals surface area contributed by atoms with Gasteiger partial charge in [-0.1, -0.05) is 28.1 Å². The van der Waals surface area contributed by atoms with Crippen LogP contribution in [0.3, 0.4) is 0 Å². The molecule has 0 bridgehead atoms. The minimum atomic E-state index is -0.821. The first-order chi connectivity index (χ1) is 15.3. The Balaban J connectivity index is 2.00. The summed E-state index contributed by atoms with van der Waals surface area (Å²) in [7, 11) is 0. The molecule has 2 heterocycles. The zero-order chi connectivity index (χ0) is 23.0. The summed E-state index contributed by atoms with van der Waals surface area (Å²) in [4.78, 5) is 13.2. The Morgan fingerprint density at radius 2 is 1.91 bits per heavy atom. The number of nitrogens with two attached hydrogens (primary N) is 1. The number of pyridine rings is 1. The van der Waals surface area contributed by atoms with Crippen LogP contribution < -0.4 is 32.9 Å². The van der Waals surface area contributed by atoms with Crippen molar-refractivity contribution in [2.75, 3.05) is 11.2 Å². The van der Waals surface area contributed by atoms with E-state index in [1.807, 2.05) is 12.1 Å². The Kier molecular flexibility index (Phi) is 5.31. The van der Waals surface area contributed by atoms with Gasteiger partial charge in [-0.15, -0.1) is 0 Å². The highest BCUT2D eigenvalue weighted by molar-refractivity contribution is 9.10. The number of nitrogen functional groups attached to an aromatic ring is 1. The van der Waals surface area contributed by atoms with Crippen LogP contribution in [0.2, 0.25) is 0 Å². The molecule has 158 valence electrons. The number of aromatic nitrogens is 1. The smallest absolute Gasteiger partial charge is 0.290 e. The van der Waals surface area contributed by atoms with Crippen LogP contribution in [0.1, 0.15) is 24.0 Å². The molecule has 1 aliphatic rings. The summed E-state index contributed by atoms with van der Waals surface area (Å²) < 4.78 is 6.94. The molecule has 0 unspecified atom stereocenters. The maximum Gasteiger partial charge on any atom is 0.290 e. The maximum atomic E-state index is 13.2. The van der Waals surface area contributed by atoms with Crippen LogP contribution in [0.5, 0.6) is 5.88 Å². The highest BCUT2D eigenvalue weighted by Gasteiger charge is 2.24. The highest BCUT2D eigenvalue weighted by atomic mass is 79.9. The predicted molar refractivity (Wildman–Crippen MR) is 120 cm³/mol. The largest absolute Gasteiger partial charge is 0.492 e. The molecule has 10 heteroatoms. The number of nitriles is 2. The molecular formula is C22H15BrN6O3. The molecule has 0 amide bonds. The van der Waals surface area contributed by atoms with Gasteiger partial charge in [-0.25, -0.2) is 0 Å². The number of nitrogens with one attached hydrogen (secondary N) is 2. The monoisotopic (exact) mass is 490 g/mol. The Hall–Kier alpha value is -4.28. The lowest BCUT2D eigenvalue weighted by Crippen LogP contribution is -2.40. The fraction of sp³-hybridized carbons (Fsp3) is 0.0909. The molecule has 2 aromatic heterocycles. The number of halogens is 1. The van der Waals surface area contributed by atoms with Crippen molar-refractivity contribution in [3.63, 3.8) is 0 Å². The number of benzene rings is 1. The van der Waals surface area contributed by atoms with E-state index in [9.17, 15) is 20.4 Å². The number of aromatic hydroxyl groups is 1. The lowest BCUT2D eigenvalue weighted by atomic mass is 9.97. The quantitative estimate of drug-likeness (QED) is 0.429. The minimum absolute atomic E-state index is 0.0544. The fourth-order valence-corrected chi connectivity index (χ4v) is 3.89. The van der Waals surface area contributed by atoms with Gasteiger partial charge in [-0.3, -0.25) is 15.6 Å². The minimum Gasteiger partial charge on any atom is -0.492 e. The molecule has 0 spiro atoms. The summed E-state index contributed by atoms with van der Waals surface area (Å²) >= 11 is 3.32. The Labute approximate surface area is 189 Å². The molecule has 1 aromatic carbocycles. The molecular weight excluding hydrogens is 476 g/mol. The molecule has 0 saturated carbocycles. The molecule has 4 rings (SSSR count). The SMILES string of the molecule is N#Cc1c(-c2ccc(Br)cc2)c(C#N)c(=O)n(NC2=c3c(N)cc(=N)oc3=CCC2)c1O. The average molecular weight is 491 g/mol. The van der Waals surface area contributed by atoms with Crippen molar-refractivity contribution in [3.8, 4) is 29.1 Å². The van der Waals surface area contributed by atoms with E-state index in [0.717, 1.165) is 9.15 Å². The number of fused-ring (bicyclic) bond motifs is 1. The first-order valence-corrected chi connectivity index (χ1v) is 10.2. The van der Waals surface area contributed by atoms with Gasteiger partial charge in [0, 0.05) is 27.5 Å². The van der Waals surface area contributed by atoms with Crippen LogP contribution in [0.25, 0.3) is 22.9 Å². The molecule has 0 atom stereocenters. The van der Waals surface area contributed by atoms with Crippen LogP contribution in [-0.2, 0) is 0 Å². The summed E-state index contributed by atoms with van der Waals surface area (Å²) in [6.07, 6.45) is 2.73. The number of hydrogen-bond acceptors (Lipinski definition) is 8. The van der Waals surface area contributed by atoms with Gasteiger partial charge >= 0.3 is 0 Å². The molecule has 0 aliphatic heterocycles. The third-order valence-corrected chi connectivity index (χ3v) is 5.55. The van der Waals surface area contributed by atoms with Gasteiger partial charge in [0.15, 0.2) is 0 Å². The number of rotatable bonds is 3. The van der Waals surface area contributed by atoms with E-state index in [-0.39, 0.29) is 27.9 Å². The van der Waals surface area contributed by atoms with E-state index in [1.165, 1.54) is 6.07 Å². The molecule has 0 saturated heterocycles. The second kappa shape index (κ2) is 8.10. The van der Waals surface area contributed by atoms with Crippen molar-refractivity contribution in [3.05, 3.63) is 72.5 Å². The third-order valence-electron chi connectivity index (χ3n) is 5.02. The molecule has 5 N–H and O–H groups in total. The van der Waals surface area contributed by atoms with Gasteiger partial charge in [0.2, 0.25) is 11.4 Å². The molecule has 9 nitrogen and oxygen atoms in total. The van der Waals surface area contributed by atoms with Crippen molar-refractivity contribution in [1.82, 2.24) is 4.68 Å². The molecule has 3 aromatic rings. The van der Waals surface area contributed by atoms with Crippen molar-refractivity contribution in [2.24, 2.45) is 0 Å². The lowest BCUT2D eigenvalue weighted by molar-refractivity contribution is 0.425. The summed E-state index contributed by atoms with van der Waals surface area (Å²) in [6, 6.07) is 11.8. The second-order valence-electron chi connectivity index (χ2n) is 6.96. The van der Waals surface area contributed by atoms with Crippen LogP contribution in [0.15, 0.2) is 44.0 Å². The van der Waals surface area contributed by atoms with Crippen LogP contribution in [-0.4, -0.2) is 9.78 Å². The van der Waals surface area contributed by atoms with Gasteiger partial charge in [0.1, 0.15) is 28.7 Å². The van der Waals surface area contributed by atoms with E-state index in [2.05, 4.69) is 21.4 Å². The first-order valence-electron chi connectivity index (χ1n) is 9.38. The standard InChI is InChI=1S/C22H15BrN6O3/c23-12-6-4-11(5-7-12)19-13(9-24)21(30)29(22(31)14(19)10-25)28-16-2-1-3-17-20(16)15(26)8-18(27)32-17/h3-8,27-28,30H,1-2,26H2. The number of anilines is 1. The maximum absolute atomic E-state index is 13.2. The molecule has 0 fully saturated rings. The van der Waals surface area contributed by atoms with E-state index in [4.69, 9.17) is 15.6 Å². The zero-order valence-corrected chi connectivity index (χ0v) is 18.0. The topological polar surface area (TPSA) is 165 Å². The first kappa shape index (κ1) is 21.0. The fourth-order valence-electron chi connectivity index (χ4n) is 3.62. The van der Waals surface area contributed by atoms with Crippen molar-refractivity contribution >= 4 is 33.4 Å². The number of nitrogens with zero attached hydrogens (tertiary/aromatic N) is 3. The van der Waals surface area contributed by atoms with Gasteiger partial charge in [0.25, 0.3) is 5.56 Å². The Morgan fingerprint density at radius 1 is 1.22 bits per heavy atom. The van der Waals surface area contributed by atoms with Gasteiger partial charge < -0.3 is 15.3 Å². The normalized spacial score (nSPS) is 12.3. The molecule has 1 aliphatic carbocycles. The van der Waals surface area contributed by atoms with Crippen molar-refractivity contribution < 1.29 is 9.52 Å². The molecule has 0 radical (unpaired) electrons.